The van der Waals surface area contributed by atoms with Gasteiger partial charge in [-0.1, -0.05) is 18.0 Å². The molecule has 0 atom stereocenters. The maximum absolute atomic E-state index is 12.0. The van der Waals surface area contributed by atoms with E-state index < -0.39 is 0 Å². The van der Waals surface area contributed by atoms with Gasteiger partial charge in [-0.05, 0) is 44.0 Å². The van der Waals surface area contributed by atoms with Gasteiger partial charge in [0.1, 0.15) is 5.75 Å². The van der Waals surface area contributed by atoms with Gasteiger partial charge in [-0.15, -0.1) is 0 Å². The van der Waals surface area contributed by atoms with E-state index in [2.05, 4.69) is 20.8 Å². The Bertz CT molecular complexity index is 797. The molecule has 0 aliphatic heterocycles. The first-order chi connectivity index (χ1) is 14.1. The number of rotatable bonds is 10. The second kappa shape index (κ2) is 10.6. The minimum absolute atomic E-state index is 0.00546. The van der Waals surface area contributed by atoms with Crippen molar-refractivity contribution in [3.8, 4) is 17.1 Å². The molecule has 8 nitrogen and oxygen atoms in total. The van der Waals surface area contributed by atoms with Crippen molar-refractivity contribution in [1.82, 2.24) is 20.8 Å². The predicted molar refractivity (Wildman–Crippen MR) is 107 cm³/mol. The number of nitrogens with one attached hydrogen (secondary N) is 2. The normalized spacial score (nSPS) is 14.0. The lowest BCUT2D eigenvalue weighted by atomic mass is 10.2. The molecule has 1 heterocycles. The maximum Gasteiger partial charge on any atom is 0.227 e. The van der Waals surface area contributed by atoms with Crippen molar-refractivity contribution in [2.24, 2.45) is 0 Å². The number of nitrogens with zero attached hydrogens (tertiary/aromatic N) is 2. The number of aryl methyl sites for hydroxylation is 1. The lowest BCUT2D eigenvalue weighted by molar-refractivity contribution is -0.122. The molecule has 1 aromatic carbocycles. The Labute approximate surface area is 170 Å². The molecule has 0 unspecified atom stereocenters. The fourth-order valence-electron chi connectivity index (χ4n) is 3.33. The summed E-state index contributed by atoms with van der Waals surface area (Å²) >= 11 is 0. The van der Waals surface area contributed by atoms with Crippen LogP contribution in [0.4, 0.5) is 0 Å². The topological polar surface area (TPSA) is 106 Å². The minimum Gasteiger partial charge on any atom is -0.494 e. The highest BCUT2D eigenvalue weighted by atomic mass is 16.5. The lowest BCUT2D eigenvalue weighted by Crippen LogP contribution is -2.35. The van der Waals surface area contributed by atoms with Gasteiger partial charge in [0.15, 0.2) is 0 Å². The van der Waals surface area contributed by atoms with E-state index in [-0.39, 0.29) is 18.2 Å². The number of ether oxygens (including phenoxy) is 1. The van der Waals surface area contributed by atoms with Crippen LogP contribution in [0.1, 0.15) is 51.3 Å². The van der Waals surface area contributed by atoms with E-state index in [4.69, 9.17) is 9.26 Å². The highest BCUT2D eigenvalue weighted by Crippen LogP contribution is 2.20. The maximum atomic E-state index is 12.0. The quantitative estimate of drug-likeness (QED) is 0.635. The molecular formula is C21H28N4O4. The monoisotopic (exact) mass is 400 g/mol. The highest BCUT2D eigenvalue weighted by Gasteiger charge is 2.17. The molecule has 1 aliphatic carbocycles. The van der Waals surface area contributed by atoms with Crippen LogP contribution in [0.25, 0.3) is 11.4 Å². The van der Waals surface area contributed by atoms with E-state index in [9.17, 15) is 9.59 Å². The van der Waals surface area contributed by atoms with E-state index in [0.29, 0.717) is 43.8 Å². The first-order valence-electron chi connectivity index (χ1n) is 10.3. The molecule has 8 heteroatoms. The van der Waals surface area contributed by atoms with Crippen LogP contribution in [-0.4, -0.2) is 41.1 Å². The number of amides is 2. The van der Waals surface area contributed by atoms with E-state index in [1.165, 1.54) is 12.8 Å². The van der Waals surface area contributed by atoms with E-state index in [1.54, 1.807) is 0 Å². The number of hydrogen-bond acceptors (Lipinski definition) is 6. The zero-order valence-corrected chi connectivity index (χ0v) is 16.8. The van der Waals surface area contributed by atoms with Gasteiger partial charge in [-0.2, -0.15) is 4.98 Å². The second-order valence-corrected chi connectivity index (χ2v) is 7.12. The summed E-state index contributed by atoms with van der Waals surface area (Å²) in [4.78, 5) is 28.2. The zero-order valence-electron chi connectivity index (χ0n) is 16.8. The summed E-state index contributed by atoms with van der Waals surface area (Å²) in [6, 6.07) is 7.74. The first kappa shape index (κ1) is 20.8. The van der Waals surface area contributed by atoms with Gasteiger partial charge in [0.25, 0.3) is 0 Å². The van der Waals surface area contributed by atoms with Crippen LogP contribution in [0.15, 0.2) is 28.8 Å². The van der Waals surface area contributed by atoms with Gasteiger partial charge in [0.2, 0.25) is 23.5 Å². The number of carbonyl (C=O) groups is 2. The fraction of sp³-hybridized carbons (Fsp3) is 0.524. The second-order valence-electron chi connectivity index (χ2n) is 7.12. The SMILES string of the molecule is CCOc1ccc(-c2noc(CCC(=O)NCCC(=O)NC3CCCC3)n2)cc1. The molecule has 2 amide bonds. The standard InChI is InChI=1S/C21H28N4O4/c1-2-28-17-9-7-15(8-10-17)21-24-20(29-25-21)12-11-18(26)22-14-13-19(27)23-16-5-3-4-6-16/h7-10,16H,2-6,11-14H2,1H3,(H,22,26)(H,23,27). The summed E-state index contributed by atoms with van der Waals surface area (Å²) in [5, 5.41) is 9.73. The largest absolute Gasteiger partial charge is 0.494 e. The average molecular weight is 400 g/mol. The molecule has 1 saturated carbocycles. The van der Waals surface area contributed by atoms with Crippen molar-refractivity contribution in [1.29, 1.82) is 0 Å². The molecule has 0 saturated heterocycles. The van der Waals surface area contributed by atoms with Gasteiger partial charge < -0.3 is 19.9 Å². The van der Waals surface area contributed by atoms with Crippen LogP contribution in [0, 0.1) is 0 Å². The van der Waals surface area contributed by atoms with Crippen molar-refractivity contribution in [3.63, 3.8) is 0 Å². The van der Waals surface area contributed by atoms with Gasteiger partial charge in [-0.3, -0.25) is 9.59 Å². The average Bonchev–Trinajstić information content (AvgIpc) is 3.39. The third kappa shape index (κ3) is 6.58. The minimum atomic E-state index is -0.139. The number of benzene rings is 1. The van der Waals surface area contributed by atoms with Crippen molar-refractivity contribution in [2.45, 2.75) is 57.9 Å². The highest BCUT2D eigenvalue weighted by molar-refractivity contribution is 5.79. The molecular weight excluding hydrogens is 372 g/mol. The molecule has 1 fully saturated rings. The molecule has 3 rings (SSSR count). The molecule has 1 aromatic heterocycles. The number of hydrogen-bond donors (Lipinski definition) is 2. The number of aromatic nitrogens is 2. The van der Waals surface area contributed by atoms with Crippen molar-refractivity contribution in [3.05, 3.63) is 30.2 Å². The van der Waals surface area contributed by atoms with Gasteiger partial charge in [0, 0.05) is 37.4 Å². The van der Waals surface area contributed by atoms with Crippen LogP contribution in [0.2, 0.25) is 0 Å². The molecule has 0 spiro atoms. The molecule has 0 radical (unpaired) electrons. The van der Waals surface area contributed by atoms with E-state index >= 15 is 0 Å². The zero-order chi connectivity index (χ0) is 20.5. The number of carbonyl (C=O) groups excluding carboxylic acids is 2. The summed E-state index contributed by atoms with van der Waals surface area (Å²) in [7, 11) is 0. The Morgan fingerprint density at radius 1 is 1.14 bits per heavy atom. The van der Waals surface area contributed by atoms with Crippen LogP contribution in [0.3, 0.4) is 0 Å². The lowest BCUT2D eigenvalue weighted by Gasteiger charge is -2.11. The summed E-state index contributed by atoms with van der Waals surface area (Å²) in [6.07, 6.45) is 5.35. The van der Waals surface area contributed by atoms with Gasteiger partial charge in [-0.25, -0.2) is 0 Å². The van der Waals surface area contributed by atoms with Crippen LogP contribution in [0.5, 0.6) is 5.75 Å². The Morgan fingerprint density at radius 3 is 2.62 bits per heavy atom. The Morgan fingerprint density at radius 2 is 1.90 bits per heavy atom. The Balaban J connectivity index is 1.36. The first-order valence-corrected chi connectivity index (χ1v) is 10.3. The molecule has 29 heavy (non-hydrogen) atoms. The molecule has 156 valence electrons. The van der Waals surface area contributed by atoms with Gasteiger partial charge >= 0.3 is 0 Å². The van der Waals surface area contributed by atoms with Crippen LogP contribution >= 0.6 is 0 Å². The van der Waals surface area contributed by atoms with Gasteiger partial charge in [0.05, 0.1) is 6.61 Å². The van der Waals surface area contributed by atoms with Crippen molar-refractivity contribution >= 4 is 11.8 Å². The summed E-state index contributed by atoms with van der Waals surface area (Å²) < 4.78 is 10.6. The smallest absolute Gasteiger partial charge is 0.227 e. The van der Waals surface area contributed by atoms with Crippen LogP contribution < -0.4 is 15.4 Å². The van der Waals surface area contributed by atoms with E-state index in [0.717, 1.165) is 24.2 Å². The third-order valence-corrected chi connectivity index (χ3v) is 4.85. The summed E-state index contributed by atoms with van der Waals surface area (Å²) in [5.41, 5.74) is 0.821. The van der Waals surface area contributed by atoms with E-state index in [1.807, 2.05) is 31.2 Å². The summed E-state index contributed by atoms with van der Waals surface area (Å²) in [6.45, 7) is 2.87. The Kier molecular flexibility index (Phi) is 7.61. The van der Waals surface area contributed by atoms with Crippen LogP contribution in [-0.2, 0) is 16.0 Å². The van der Waals surface area contributed by atoms with Crippen molar-refractivity contribution < 1.29 is 18.8 Å². The van der Waals surface area contributed by atoms with Crippen molar-refractivity contribution in [2.75, 3.05) is 13.2 Å². The predicted octanol–water partition coefficient (Wildman–Crippen LogP) is 2.63. The third-order valence-electron chi connectivity index (χ3n) is 4.85. The molecule has 2 aromatic rings. The molecule has 0 bridgehead atoms. The fourth-order valence-corrected chi connectivity index (χ4v) is 3.33. The molecule has 2 N–H and O–H groups in total. The summed E-state index contributed by atoms with van der Waals surface area (Å²) in [5.74, 6) is 1.53. The Hall–Kier alpha value is -2.90. The molecule has 1 aliphatic rings.